The normalized spacial score (nSPS) is 27.7. The third-order valence-corrected chi connectivity index (χ3v) is 6.43. The molecule has 3 heterocycles. The lowest BCUT2D eigenvalue weighted by Crippen LogP contribution is -2.53. The molecule has 3 aliphatic rings. The van der Waals surface area contributed by atoms with Gasteiger partial charge in [-0.2, -0.15) is 0 Å². The van der Waals surface area contributed by atoms with Crippen LogP contribution in [0.2, 0.25) is 0 Å². The van der Waals surface area contributed by atoms with Gasteiger partial charge in [-0.1, -0.05) is 0 Å². The number of piperazine rings is 1. The summed E-state index contributed by atoms with van der Waals surface area (Å²) in [5, 5.41) is 16.0. The standard InChI is InChI=1S/C21H40N4O4/c1-21(2)18-22-19(16-29-21)15-28-17-20(26)24-10-8-23(9-11-24)7-6-14-25(27)12-4-3-5-13-25/h19,22H,3-18H2,1-2H3/t19-/m1/s1. The summed E-state index contributed by atoms with van der Waals surface area (Å²) in [6.45, 7) is 12.7. The number of carbonyl (C=O) groups excluding carboxylic acids is 1. The predicted octanol–water partition coefficient (Wildman–Crippen LogP) is 0.803. The van der Waals surface area contributed by atoms with Crippen molar-refractivity contribution in [3.8, 4) is 0 Å². The van der Waals surface area contributed by atoms with Crippen molar-refractivity contribution in [2.75, 3.05) is 78.7 Å². The van der Waals surface area contributed by atoms with Crippen LogP contribution in [0.4, 0.5) is 0 Å². The van der Waals surface area contributed by atoms with Crippen LogP contribution in [0.1, 0.15) is 39.5 Å². The third kappa shape index (κ3) is 7.45. The molecule has 0 saturated carbocycles. The number of quaternary nitrogens is 1. The van der Waals surface area contributed by atoms with Gasteiger partial charge >= 0.3 is 0 Å². The van der Waals surface area contributed by atoms with Crippen LogP contribution in [-0.4, -0.2) is 111 Å². The molecule has 1 N–H and O–H groups in total. The van der Waals surface area contributed by atoms with Gasteiger partial charge in [0.25, 0.3) is 0 Å². The highest BCUT2D eigenvalue weighted by Gasteiger charge is 2.28. The third-order valence-electron chi connectivity index (χ3n) is 6.43. The summed E-state index contributed by atoms with van der Waals surface area (Å²) < 4.78 is 11.4. The fraction of sp³-hybridized carbons (Fsp3) is 0.952. The molecule has 0 bridgehead atoms. The minimum absolute atomic E-state index is 0.00811. The van der Waals surface area contributed by atoms with Crippen LogP contribution in [-0.2, 0) is 14.3 Å². The molecule has 168 valence electrons. The zero-order chi connectivity index (χ0) is 20.7. The Morgan fingerprint density at radius 2 is 1.93 bits per heavy atom. The Morgan fingerprint density at radius 3 is 2.59 bits per heavy atom. The molecule has 0 aromatic rings. The molecular formula is C21H40N4O4. The van der Waals surface area contributed by atoms with Crippen molar-refractivity contribution < 1.29 is 18.9 Å². The maximum absolute atomic E-state index is 12.6. The van der Waals surface area contributed by atoms with Gasteiger partial charge in [-0.3, -0.25) is 9.69 Å². The van der Waals surface area contributed by atoms with E-state index >= 15 is 0 Å². The van der Waals surface area contributed by atoms with Crippen molar-refractivity contribution in [3.63, 3.8) is 0 Å². The highest BCUT2D eigenvalue weighted by atomic mass is 16.5. The van der Waals surface area contributed by atoms with E-state index < -0.39 is 0 Å². The number of nitrogens with zero attached hydrogens (tertiary/aromatic N) is 3. The lowest BCUT2D eigenvalue weighted by molar-refractivity contribution is -0.885. The van der Waals surface area contributed by atoms with E-state index in [1.54, 1.807) is 0 Å². The van der Waals surface area contributed by atoms with Gasteiger partial charge in [0.2, 0.25) is 5.91 Å². The summed E-state index contributed by atoms with van der Waals surface area (Å²) in [6.07, 6.45) is 4.32. The van der Waals surface area contributed by atoms with Crippen molar-refractivity contribution in [1.82, 2.24) is 15.1 Å². The molecule has 0 aromatic carbocycles. The topological polar surface area (TPSA) is 77.1 Å². The van der Waals surface area contributed by atoms with Crippen molar-refractivity contribution in [3.05, 3.63) is 5.21 Å². The predicted molar refractivity (Wildman–Crippen MR) is 112 cm³/mol. The van der Waals surface area contributed by atoms with Crippen molar-refractivity contribution >= 4 is 5.91 Å². The molecule has 3 saturated heterocycles. The van der Waals surface area contributed by atoms with Gasteiger partial charge in [0, 0.05) is 45.7 Å². The van der Waals surface area contributed by atoms with Crippen molar-refractivity contribution in [1.29, 1.82) is 0 Å². The molecule has 1 atom stereocenters. The van der Waals surface area contributed by atoms with Crippen LogP contribution < -0.4 is 5.32 Å². The molecule has 0 unspecified atom stereocenters. The van der Waals surface area contributed by atoms with Crippen molar-refractivity contribution in [2.24, 2.45) is 0 Å². The number of hydrogen-bond donors (Lipinski definition) is 1. The summed E-state index contributed by atoms with van der Waals surface area (Å²) in [4.78, 5) is 16.7. The minimum Gasteiger partial charge on any atom is -0.633 e. The second-order valence-corrected chi connectivity index (χ2v) is 9.53. The van der Waals surface area contributed by atoms with Crippen LogP contribution in [0.3, 0.4) is 0 Å². The molecule has 0 aromatic heterocycles. The van der Waals surface area contributed by atoms with Gasteiger partial charge in [-0.15, -0.1) is 0 Å². The zero-order valence-electron chi connectivity index (χ0n) is 18.4. The number of hydrogen-bond acceptors (Lipinski definition) is 6. The summed E-state index contributed by atoms with van der Waals surface area (Å²) in [7, 11) is 0. The van der Waals surface area contributed by atoms with Crippen molar-refractivity contribution in [2.45, 2.75) is 51.2 Å². The van der Waals surface area contributed by atoms with E-state index in [2.05, 4.69) is 24.1 Å². The number of piperidine rings is 1. The number of ether oxygens (including phenoxy) is 2. The first-order valence-electron chi connectivity index (χ1n) is 11.4. The Balaban J connectivity index is 1.25. The Labute approximate surface area is 175 Å². The van der Waals surface area contributed by atoms with Gasteiger partial charge in [0.1, 0.15) is 6.61 Å². The molecular weight excluding hydrogens is 372 g/mol. The molecule has 8 nitrogen and oxygen atoms in total. The summed E-state index contributed by atoms with van der Waals surface area (Å²) in [6, 6.07) is 0.152. The molecule has 0 aliphatic carbocycles. The first-order chi connectivity index (χ1) is 13.9. The molecule has 0 spiro atoms. The summed E-state index contributed by atoms with van der Waals surface area (Å²) >= 11 is 0. The average Bonchev–Trinajstić information content (AvgIpc) is 2.70. The quantitative estimate of drug-likeness (QED) is 0.470. The fourth-order valence-electron chi connectivity index (χ4n) is 4.43. The maximum Gasteiger partial charge on any atom is 0.248 e. The highest BCUT2D eigenvalue weighted by molar-refractivity contribution is 5.77. The molecule has 3 fully saturated rings. The smallest absolute Gasteiger partial charge is 0.248 e. The molecule has 29 heavy (non-hydrogen) atoms. The summed E-state index contributed by atoms with van der Waals surface area (Å²) in [5.74, 6) is 0.0686. The van der Waals surface area contributed by atoms with Crippen LogP contribution >= 0.6 is 0 Å². The van der Waals surface area contributed by atoms with Crippen LogP contribution in [0.15, 0.2) is 0 Å². The number of carbonyl (C=O) groups is 1. The fourth-order valence-corrected chi connectivity index (χ4v) is 4.43. The van der Waals surface area contributed by atoms with E-state index in [0.717, 1.165) is 78.2 Å². The largest absolute Gasteiger partial charge is 0.633 e. The van der Waals surface area contributed by atoms with E-state index in [4.69, 9.17) is 9.47 Å². The number of likely N-dealkylation sites (tertiary alicyclic amines) is 1. The Bertz CT molecular complexity index is 507. The van der Waals surface area contributed by atoms with Crippen LogP contribution in [0.25, 0.3) is 0 Å². The number of rotatable bonds is 8. The highest BCUT2D eigenvalue weighted by Crippen LogP contribution is 2.18. The second-order valence-electron chi connectivity index (χ2n) is 9.53. The van der Waals surface area contributed by atoms with Gasteiger partial charge in [-0.25, -0.2) is 0 Å². The Hall–Kier alpha value is -0.770. The number of amides is 1. The van der Waals surface area contributed by atoms with Crippen LogP contribution in [0.5, 0.6) is 0 Å². The lowest BCUT2D eigenvalue weighted by Gasteiger charge is -2.46. The maximum atomic E-state index is 12.6. The lowest BCUT2D eigenvalue weighted by atomic mass is 10.1. The first kappa shape index (κ1) is 22.9. The SMILES string of the molecule is CC1(C)CN[C@H](COCC(=O)N2CCN(CCC[N+]3([O-])CCCCC3)CC2)CO1. The monoisotopic (exact) mass is 412 g/mol. The minimum atomic E-state index is -0.129. The first-order valence-corrected chi connectivity index (χ1v) is 11.4. The van der Waals surface area contributed by atoms with Gasteiger partial charge in [-0.05, 0) is 33.1 Å². The number of morpholine rings is 1. The van der Waals surface area contributed by atoms with Crippen LogP contribution in [0, 0.1) is 5.21 Å². The van der Waals surface area contributed by atoms with Gasteiger partial charge in [0.15, 0.2) is 0 Å². The zero-order valence-corrected chi connectivity index (χ0v) is 18.4. The molecule has 1 amide bonds. The van der Waals surface area contributed by atoms with E-state index in [1.807, 2.05) is 4.90 Å². The molecule has 3 rings (SSSR count). The van der Waals surface area contributed by atoms with E-state index in [1.165, 1.54) is 6.42 Å². The number of hydroxylamine groups is 3. The van der Waals surface area contributed by atoms with E-state index in [9.17, 15) is 10.0 Å². The molecule has 0 radical (unpaired) electrons. The van der Waals surface area contributed by atoms with Gasteiger partial charge in [0.05, 0.1) is 44.5 Å². The van der Waals surface area contributed by atoms with E-state index in [0.29, 0.717) is 13.2 Å². The Kier molecular flexibility index (Phi) is 8.30. The summed E-state index contributed by atoms with van der Waals surface area (Å²) in [5.41, 5.74) is -0.129. The molecule has 3 aliphatic heterocycles. The Morgan fingerprint density at radius 1 is 1.21 bits per heavy atom. The van der Waals surface area contributed by atoms with Gasteiger partial charge < -0.3 is 29.5 Å². The average molecular weight is 413 g/mol. The van der Waals surface area contributed by atoms with E-state index in [-0.39, 0.29) is 28.8 Å². The molecule has 8 heteroatoms. The number of nitrogens with one attached hydrogen (secondary N) is 1. The second kappa shape index (κ2) is 10.5.